The van der Waals surface area contributed by atoms with Gasteiger partial charge in [0.2, 0.25) is 0 Å². The van der Waals surface area contributed by atoms with Crippen LogP contribution in [0, 0.1) is 0 Å². The van der Waals surface area contributed by atoms with Crippen molar-refractivity contribution >= 4 is 11.6 Å². The Morgan fingerprint density at radius 2 is 2.06 bits per heavy atom. The largest absolute Gasteiger partial charge is 0.398 e. The van der Waals surface area contributed by atoms with E-state index in [1.54, 1.807) is 17.0 Å². The molecule has 1 aromatic carbocycles. The van der Waals surface area contributed by atoms with E-state index in [0.29, 0.717) is 24.3 Å². The Morgan fingerprint density at radius 1 is 1.44 bits per heavy atom. The van der Waals surface area contributed by atoms with Crippen LogP contribution < -0.4 is 5.73 Å². The molecule has 0 bridgehead atoms. The van der Waals surface area contributed by atoms with Gasteiger partial charge >= 0.3 is 0 Å². The number of carbonyl (C=O) groups is 1. The Hall–Kier alpha value is -1.77. The molecule has 0 heterocycles. The molecule has 0 fully saturated rings. The zero-order valence-corrected chi connectivity index (χ0v) is 9.86. The maximum Gasteiger partial charge on any atom is 0.256 e. The molecule has 0 saturated carbocycles. The van der Waals surface area contributed by atoms with Gasteiger partial charge in [0.05, 0.1) is 5.56 Å². The second-order valence-electron chi connectivity index (χ2n) is 3.86. The van der Waals surface area contributed by atoms with Crippen molar-refractivity contribution in [2.24, 2.45) is 0 Å². The summed E-state index contributed by atoms with van der Waals surface area (Å²) in [5, 5.41) is 0. The van der Waals surface area contributed by atoms with Crippen molar-refractivity contribution in [3.63, 3.8) is 0 Å². The van der Waals surface area contributed by atoms with Crippen molar-refractivity contribution in [1.82, 2.24) is 4.90 Å². The highest BCUT2D eigenvalue weighted by Crippen LogP contribution is 2.14. The van der Waals surface area contributed by atoms with E-state index in [1.165, 1.54) is 0 Å². The number of hydrogen-bond acceptors (Lipinski definition) is 2. The molecule has 0 aliphatic carbocycles. The number of benzene rings is 1. The molecule has 3 heteroatoms. The van der Waals surface area contributed by atoms with Gasteiger partial charge in [-0.05, 0) is 26.0 Å². The number of nitrogens with two attached hydrogens (primary N) is 1. The summed E-state index contributed by atoms with van der Waals surface area (Å²) in [4.78, 5) is 13.9. The van der Waals surface area contributed by atoms with Crippen LogP contribution in [0.4, 0.5) is 5.69 Å². The third-order valence-electron chi connectivity index (χ3n) is 2.32. The van der Waals surface area contributed by atoms with Gasteiger partial charge in [-0.25, -0.2) is 0 Å². The maximum absolute atomic E-state index is 12.1. The average Bonchev–Trinajstić information content (AvgIpc) is 2.25. The Kier molecular flexibility index (Phi) is 4.11. The highest BCUT2D eigenvalue weighted by molar-refractivity contribution is 5.99. The van der Waals surface area contributed by atoms with Gasteiger partial charge in [0, 0.05) is 18.8 Å². The molecule has 0 unspecified atom stereocenters. The zero-order valence-electron chi connectivity index (χ0n) is 9.86. The lowest BCUT2D eigenvalue weighted by Gasteiger charge is -2.21. The second-order valence-corrected chi connectivity index (χ2v) is 3.86. The van der Waals surface area contributed by atoms with E-state index in [4.69, 9.17) is 5.73 Å². The molecule has 0 atom stereocenters. The van der Waals surface area contributed by atoms with E-state index in [1.807, 2.05) is 26.0 Å². The summed E-state index contributed by atoms with van der Waals surface area (Å²) < 4.78 is 0. The average molecular weight is 218 g/mol. The van der Waals surface area contributed by atoms with Gasteiger partial charge in [-0.1, -0.05) is 24.3 Å². The predicted octanol–water partition coefficient (Wildman–Crippen LogP) is 2.31. The van der Waals surface area contributed by atoms with Crippen molar-refractivity contribution < 1.29 is 4.79 Å². The number of carbonyl (C=O) groups excluding carboxylic acids is 1. The lowest BCUT2D eigenvalue weighted by Crippen LogP contribution is -2.32. The van der Waals surface area contributed by atoms with Gasteiger partial charge in [-0.15, -0.1) is 0 Å². The van der Waals surface area contributed by atoms with Crippen LogP contribution in [0.3, 0.4) is 0 Å². The van der Waals surface area contributed by atoms with E-state index >= 15 is 0 Å². The van der Waals surface area contributed by atoms with Gasteiger partial charge in [-0.2, -0.15) is 0 Å². The van der Waals surface area contributed by atoms with E-state index in [0.717, 1.165) is 5.57 Å². The SMILES string of the molecule is C=C(C)CN(CC)C(=O)c1ccccc1N. The first-order valence-corrected chi connectivity index (χ1v) is 5.34. The molecule has 1 amide bonds. The van der Waals surface area contributed by atoms with Gasteiger partial charge in [0.25, 0.3) is 5.91 Å². The molecule has 1 aromatic rings. The normalized spacial score (nSPS) is 9.88. The Balaban J connectivity index is 2.91. The molecule has 0 aliphatic rings. The summed E-state index contributed by atoms with van der Waals surface area (Å²) in [7, 11) is 0. The monoisotopic (exact) mass is 218 g/mol. The molecule has 2 N–H and O–H groups in total. The quantitative estimate of drug-likeness (QED) is 0.622. The number of para-hydroxylation sites is 1. The van der Waals surface area contributed by atoms with Crippen LogP contribution in [-0.2, 0) is 0 Å². The topological polar surface area (TPSA) is 46.3 Å². The highest BCUT2D eigenvalue weighted by Gasteiger charge is 2.15. The standard InChI is InChI=1S/C13H18N2O/c1-4-15(9-10(2)3)13(16)11-7-5-6-8-12(11)14/h5-8H,2,4,9,14H2,1,3H3. The first-order chi connectivity index (χ1) is 7.56. The summed E-state index contributed by atoms with van der Waals surface area (Å²) in [6.07, 6.45) is 0. The first-order valence-electron chi connectivity index (χ1n) is 5.34. The first kappa shape index (κ1) is 12.3. The Labute approximate surface area is 96.6 Å². The minimum atomic E-state index is -0.0383. The number of likely N-dealkylation sites (N-methyl/N-ethyl adjacent to an activating group) is 1. The van der Waals surface area contributed by atoms with Crippen LogP contribution >= 0.6 is 0 Å². The van der Waals surface area contributed by atoms with Crippen molar-refractivity contribution in [3.05, 3.63) is 42.0 Å². The molecular weight excluding hydrogens is 200 g/mol. The van der Waals surface area contributed by atoms with Crippen molar-refractivity contribution in [2.45, 2.75) is 13.8 Å². The fourth-order valence-electron chi connectivity index (χ4n) is 1.52. The van der Waals surface area contributed by atoms with Crippen molar-refractivity contribution in [1.29, 1.82) is 0 Å². The van der Waals surface area contributed by atoms with Crippen LogP contribution in [0.1, 0.15) is 24.2 Å². The van der Waals surface area contributed by atoms with Crippen LogP contribution in [0.5, 0.6) is 0 Å². The van der Waals surface area contributed by atoms with E-state index in [-0.39, 0.29) is 5.91 Å². The number of amides is 1. The van der Waals surface area contributed by atoms with Crippen molar-refractivity contribution in [3.8, 4) is 0 Å². The molecule has 0 radical (unpaired) electrons. The highest BCUT2D eigenvalue weighted by atomic mass is 16.2. The minimum absolute atomic E-state index is 0.0383. The Morgan fingerprint density at radius 3 is 2.56 bits per heavy atom. The lowest BCUT2D eigenvalue weighted by atomic mass is 10.1. The van der Waals surface area contributed by atoms with Crippen LogP contribution in [0.2, 0.25) is 0 Å². The number of nitrogen functional groups attached to an aromatic ring is 1. The number of nitrogens with zero attached hydrogens (tertiary/aromatic N) is 1. The van der Waals surface area contributed by atoms with E-state index in [9.17, 15) is 4.79 Å². The molecule has 86 valence electrons. The molecule has 0 aromatic heterocycles. The maximum atomic E-state index is 12.1. The number of anilines is 1. The molecule has 0 saturated heterocycles. The zero-order chi connectivity index (χ0) is 12.1. The summed E-state index contributed by atoms with van der Waals surface area (Å²) >= 11 is 0. The summed E-state index contributed by atoms with van der Waals surface area (Å²) in [6.45, 7) is 8.89. The lowest BCUT2D eigenvalue weighted by molar-refractivity contribution is 0.0779. The Bertz CT molecular complexity index is 399. The fraction of sp³-hybridized carbons (Fsp3) is 0.308. The fourth-order valence-corrected chi connectivity index (χ4v) is 1.52. The van der Waals surface area contributed by atoms with Gasteiger partial charge in [0.1, 0.15) is 0 Å². The van der Waals surface area contributed by atoms with Crippen LogP contribution in [-0.4, -0.2) is 23.9 Å². The van der Waals surface area contributed by atoms with Crippen molar-refractivity contribution in [2.75, 3.05) is 18.8 Å². The molecular formula is C13H18N2O. The summed E-state index contributed by atoms with van der Waals surface area (Å²) in [6, 6.07) is 7.12. The van der Waals surface area contributed by atoms with Crippen LogP contribution in [0.25, 0.3) is 0 Å². The third kappa shape index (κ3) is 2.86. The minimum Gasteiger partial charge on any atom is -0.398 e. The van der Waals surface area contributed by atoms with E-state index in [2.05, 4.69) is 6.58 Å². The molecule has 1 rings (SSSR count). The van der Waals surface area contributed by atoms with Gasteiger partial charge in [0.15, 0.2) is 0 Å². The number of rotatable bonds is 4. The smallest absolute Gasteiger partial charge is 0.256 e. The summed E-state index contributed by atoms with van der Waals surface area (Å²) in [5.41, 5.74) is 7.82. The summed E-state index contributed by atoms with van der Waals surface area (Å²) in [5.74, 6) is -0.0383. The predicted molar refractivity (Wildman–Crippen MR) is 67.2 cm³/mol. The van der Waals surface area contributed by atoms with E-state index < -0.39 is 0 Å². The van der Waals surface area contributed by atoms with Crippen LogP contribution in [0.15, 0.2) is 36.4 Å². The second kappa shape index (κ2) is 5.35. The third-order valence-corrected chi connectivity index (χ3v) is 2.32. The molecule has 0 aliphatic heterocycles. The molecule has 3 nitrogen and oxygen atoms in total. The number of hydrogen-bond donors (Lipinski definition) is 1. The van der Waals surface area contributed by atoms with Gasteiger partial charge in [-0.3, -0.25) is 4.79 Å². The molecule has 0 spiro atoms. The van der Waals surface area contributed by atoms with Gasteiger partial charge < -0.3 is 10.6 Å². The molecule has 16 heavy (non-hydrogen) atoms.